The third-order valence-electron chi connectivity index (χ3n) is 4.42. The zero-order valence-corrected chi connectivity index (χ0v) is 16.2. The molecule has 2 amide bonds. The summed E-state index contributed by atoms with van der Waals surface area (Å²) in [5.41, 5.74) is 0.388. The summed E-state index contributed by atoms with van der Waals surface area (Å²) in [4.78, 5) is 27.0. The number of benzene rings is 1. The molecule has 1 heterocycles. The van der Waals surface area contributed by atoms with E-state index < -0.39 is 10.0 Å². The fourth-order valence-electron chi connectivity index (χ4n) is 3.03. The maximum Gasteiger partial charge on any atom is 0.253 e. The van der Waals surface area contributed by atoms with Crippen molar-refractivity contribution >= 4 is 22.3 Å². The molecule has 144 valence electrons. The molecule has 7 nitrogen and oxygen atoms in total. The van der Waals surface area contributed by atoms with Gasteiger partial charge in [0, 0.05) is 44.8 Å². The van der Waals surface area contributed by atoms with Crippen LogP contribution in [0.3, 0.4) is 0 Å². The van der Waals surface area contributed by atoms with Crippen LogP contribution in [0.15, 0.2) is 29.2 Å². The largest absolute Gasteiger partial charge is 0.343 e. The fraction of sp³-hybridized carbons (Fsp3) is 0.556. The molecule has 1 aromatic carbocycles. The Balaban J connectivity index is 2.22. The normalized spacial score (nSPS) is 15.7. The molecule has 1 fully saturated rings. The van der Waals surface area contributed by atoms with Crippen molar-refractivity contribution in [3.63, 3.8) is 0 Å². The molecule has 0 aliphatic carbocycles. The van der Waals surface area contributed by atoms with E-state index in [0.29, 0.717) is 31.7 Å². The fourth-order valence-corrected chi connectivity index (χ4v) is 4.49. The van der Waals surface area contributed by atoms with E-state index in [9.17, 15) is 18.0 Å². The van der Waals surface area contributed by atoms with E-state index in [4.69, 9.17) is 0 Å². The van der Waals surface area contributed by atoms with Crippen LogP contribution in [0, 0.1) is 0 Å². The highest BCUT2D eigenvalue weighted by atomic mass is 32.2. The minimum absolute atomic E-state index is 0.121. The van der Waals surface area contributed by atoms with E-state index >= 15 is 0 Å². The van der Waals surface area contributed by atoms with Crippen LogP contribution in [0.2, 0.25) is 0 Å². The van der Waals surface area contributed by atoms with Crippen molar-refractivity contribution < 1.29 is 18.0 Å². The Morgan fingerprint density at radius 3 is 2.27 bits per heavy atom. The van der Waals surface area contributed by atoms with Gasteiger partial charge >= 0.3 is 0 Å². The minimum Gasteiger partial charge on any atom is -0.343 e. The van der Waals surface area contributed by atoms with Crippen LogP contribution in [-0.4, -0.2) is 74.1 Å². The van der Waals surface area contributed by atoms with E-state index in [1.165, 1.54) is 16.4 Å². The Bertz CT molecular complexity index is 722. The second-order valence-electron chi connectivity index (χ2n) is 6.37. The Hall–Kier alpha value is -1.93. The number of piperazine rings is 1. The summed E-state index contributed by atoms with van der Waals surface area (Å²) in [6, 6.07) is 6.24. The molecule has 0 N–H and O–H groups in total. The first-order chi connectivity index (χ1) is 12.4. The van der Waals surface area contributed by atoms with Crippen molar-refractivity contribution in [3.8, 4) is 0 Å². The van der Waals surface area contributed by atoms with Crippen LogP contribution in [-0.2, 0) is 14.8 Å². The van der Waals surface area contributed by atoms with Gasteiger partial charge in [0.15, 0.2) is 0 Å². The molecule has 1 aliphatic heterocycles. The molecule has 0 atom stereocenters. The monoisotopic (exact) mass is 381 g/mol. The molecule has 1 aromatic rings. The number of carbonyl (C=O) groups excluding carboxylic acids is 2. The summed E-state index contributed by atoms with van der Waals surface area (Å²) in [6.45, 7) is 6.60. The van der Waals surface area contributed by atoms with Crippen LogP contribution >= 0.6 is 0 Å². The molecule has 0 spiro atoms. The predicted molar refractivity (Wildman–Crippen MR) is 99.3 cm³/mol. The van der Waals surface area contributed by atoms with E-state index in [-0.39, 0.29) is 23.9 Å². The quantitative estimate of drug-likeness (QED) is 0.638. The van der Waals surface area contributed by atoms with Crippen LogP contribution in [0.1, 0.15) is 37.0 Å². The Kier molecular flexibility index (Phi) is 7.16. The van der Waals surface area contributed by atoms with Gasteiger partial charge in [-0.05, 0) is 31.0 Å². The highest BCUT2D eigenvalue weighted by molar-refractivity contribution is 7.89. The minimum atomic E-state index is -3.68. The van der Waals surface area contributed by atoms with Gasteiger partial charge < -0.3 is 9.80 Å². The van der Waals surface area contributed by atoms with Crippen LogP contribution in [0.4, 0.5) is 0 Å². The third kappa shape index (κ3) is 4.62. The summed E-state index contributed by atoms with van der Waals surface area (Å²) >= 11 is 0. The van der Waals surface area contributed by atoms with Crippen molar-refractivity contribution in [1.29, 1.82) is 0 Å². The Morgan fingerprint density at radius 2 is 1.73 bits per heavy atom. The maximum absolute atomic E-state index is 12.9. The van der Waals surface area contributed by atoms with Crippen LogP contribution < -0.4 is 0 Å². The van der Waals surface area contributed by atoms with E-state index in [0.717, 1.165) is 19.3 Å². The van der Waals surface area contributed by atoms with Crippen molar-refractivity contribution in [2.75, 3.05) is 39.3 Å². The molecular weight excluding hydrogens is 354 g/mol. The first-order valence-electron chi connectivity index (χ1n) is 9.02. The summed E-state index contributed by atoms with van der Waals surface area (Å²) in [5, 5.41) is 0. The van der Waals surface area contributed by atoms with Gasteiger partial charge in [-0.2, -0.15) is 4.31 Å². The first-order valence-corrected chi connectivity index (χ1v) is 10.5. The lowest BCUT2D eigenvalue weighted by atomic mass is 10.2. The second-order valence-corrected chi connectivity index (χ2v) is 8.30. The number of sulfonamides is 1. The number of nitrogens with zero attached hydrogens (tertiary/aromatic N) is 3. The second kappa shape index (κ2) is 9.14. The molecule has 0 saturated carbocycles. The lowest BCUT2D eigenvalue weighted by molar-refractivity contribution is -0.119. The number of rotatable bonds is 8. The third-order valence-corrected chi connectivity index (χ3v) is 6.31. The lowest BCUT2D eigenvalue weighted by Crippen LogP contribution is -2.48. The van der Waals surface area contributed by atoms with Crippen molar-refractivity contribution in [3.05, 3.63) is 29.8 Å². The summed E-state index contributed by atoms with van der Waals surface area (Å²) in [7, 11) is -3.68. The Morgan fingerprint density at radius 1 is 1.12 bits per heavy atom. The molecule has 8 heteroatoms. The average molecular weight is 381 g/mol. The Labute approximate surface area is 155 Å². The van der Waals surface area contributed by atoms with E-state index in [2.05, 4.69) is 0 Å². The zero-order valence-electron chi connectivity index (χ0n) is 15.4. The molecule has 26 heavy (non-hydrogen) atoms. The van der Waals surface area contributed by atoms with Crippen molar-refractivity contribution in [2.24, 2.45) is 0 Å². The average Bonchev–Trinajstić information content (AvgIpc) is 2.67. The predicted octanol–water partition coefficient (Wildman–Crippen LogP) is 1.41. The lowest BCUT2D eigenvalue weighted by Gasteiger charge is -2.31. The van der Waals surface area contributed by atoms with Gasteiger partial charge in [-0.25, -0.2) is 8.42 Å². The standard InChI is InChI=1S/C18H27N3O4S/c1-3-8-20(9-4-2)18(23)16-6-5-7-17(14-16)26(24,25)21-12-10-19(15-22)11-13-21/h5-7,14-15H,3-4,8-13H2,1-2H3. The maximum atomic E-state index is 12.9. The molecular formula is C18H27N3O4S. The molecule has 0 aromatic heterocycles. The van der Waals surface area contributed by atoms with Crippen molar-refractivity contribution in [1.82, 2.24) is 14.1 Å². The topological polar surface area (TPSA) is 78.0 Å². The summed E-state index contributed by atoms with van der Waals surface area (Å²) < 4.78 is 27.1. The zero-order chi connectivity index (χ0) is 19.2. The number of hydrogen-bond acceptors (Lipinski definition) is 4. The molecule has 0 unspecified atom stereocenters. The number of hydrogen-bond donors (Lipinski definition) is 0. The SMILES string of the molecule is CCCN(CCC)C(=O)c1cccc(S(=O)(=O)N2CCN(C=O)CC2)c1. The van der Waals surface area contributed by atoms with Gasteiger partial charge in [-0.1, -0.05) is 19.9 Å². The van der Waals surface area contributed by atoms with E-state index in [1.807, 2.05) is 13.8 Å². The molecule has 1 saturated heterocycles. The summed E-state index contributed by atoms with van der Waals surface area (Å²) in [6.07, 6.45) is 2.44. The summed E-state index contributed by atoms with van der Waals surface area (Å²) in [5.74, 6) is -0.142. The van der Waals surface area contributed by atoms with Gasteiger partial charge in [-0.3, -0.25) is 9.59 Å². The molecule has 1 aliphatic rings. The van der Waals surface area contributed by atoms with Crippen LogP contribution in [0.25, 0.3) is 0 Å². The van der Waals surface area contributed by atoms with E-state index in [1.54, 1.807) is 21.9 Å². The van der Waals surface area contributed by atoms with Gasteiger partial charge in [0.25, 0.3) is 5.91 Å². The molecule has 2 rings (SSSR count). The van der Waals surface area contributed by atoms with Gasteiger partial charge in [0.2, 0.25) is 16.4 Å². The van der Waals surface area contributed by atoms with Gasteiger partial charge in [0.05, 0.1) is 4.90 Å². The highest BCUT2D eigenvalue weighted by Gasteiger charge is 2.28. The molecule has 0 radical (unpaired) electrons. The molecule has 0 bridgehead atoms. The highest BCUT2D eigenvalue weighted by Crippen LogP contribution is 2.19. The van der Waals surface area contributed by atoms with Gasteiger partial charge in [-0.15, -0.1) is 0 Å². The smallest absolute Gasteiger partial charge is 0.253 e. The van der Waals surface area contributed by atoms with Gasteiger partial charge in [0.1, 0.15) is 0 Å². The first kappa shape index (κ1) is 20.4. The van der Waals surface area contributed by atoms with Crippen LogP contribution in [0.5, 0.6) is 0 Å². The number of amides is 2. The number of carbonyl (C=O) groups is 2. The van der Waals surface area contributed by atoms with Crippen molar-refractivity contribution in [2.45, 2.75) is 31.6 Å².